The second-order valence-corrected chi connectivity index (χ2v) is 7.37. The van der Waals surface area contributed by atoms with Crippen molar-refractivity contribution in [3.63, 3.8) is 0 Å². The van der Waals surface area contributed by atoms with Crippen molar-refractivity contribution in [2.45, 2.75) is 25.0 Å². The smallest absolute Gasteiger partial charge is 0.242 e. The van der Waals surface area contributed by atoms with Gasteiger partial charge in [-0.25, -0.2) is 13.2 Å². The van der Waals surface area contributed by atoms with Gasteiger partial charge >= 0.3 is 0 Å². The molecule has 1 saturated heterocycles. The highest BCUT2D eigenvalue weighted by molar-refractivity contribution is 5.94. The number of benzene rings is 2. The number of amides is 2. The molecule has 0 saturated carbocycles. The first-order valence-corrected chi connectivity index (χ1v) is 9.45. The molecule has 3 aromatic rings. The van der Waals surface area contributed by atoms with E-state index in [1.165, 1.54) is 24.3 Å². The van der Waals surface area contributed by atoms with Gasteiger partial charge in [-0.05, 0) is 24.6 Å². The fourth-order valence-electron chi connectivity index (χ4n) is 4.07. The van der Waals surface area contributed by atoms with Crippen LogP contribution in [0.15, 0.2) is 30.3 Å². The number of ether oxygens (including phenoxy) is 1. The van der Waals surface area contributed by atoms with Crippen LogP contribution < -0.4 is 15.4 Å². The summed E-state index contributed by atoms with van der Waals surface area (Å²) in [7, 11) is 0. The summed E-state index contributed by atoms with van der Waals surface area (Å²) >= 11 is 0. The molecule has 9 heteroatoms. The SMILES string of the molecule is O=C1CC[C@@H](C(=O)NC[C@H]2Oc3cc(F)ccc3-c3[nH]c4c(F)cc(F)cc4c32)N1. The van der Waals surface area contributed by atoms with Crippen LogP contribution in [0.4, 0.5) is 13.2 Å². The summed E-state index contributed by atoms with van der Waals surface area (Å²) in [5.41, 5.74) is 1.55. The highest BCUT2D eigenvalue weighted by Gasteiger charge is 2.33. The maximum absolute atomic E-state index is 14.4. The molecule has 3 heterocycles. The van der Waals surface area contributed by atoms with Crippen LogP contribution in [0.25, 0.3) is 22.2 Å². The van der Waals surface area contributed by atoms with E-state index in [4.69, 9.17) is 4.74 Å². The molecule has 6 nitrogen and oxygen atoms in total. The Morgan fingerprint density at radius 3 is 2.77 bits per heavy atom. The van der Waals surface area contributed by atoms with Crippen molar-refractivity contribution in [3.05, 3.63) is 53.3 Å². The van der Waals surface area contributed by atoms with Gasteiger partial charge in [-0.3, -0.25) is 9.59 Å². The van der Waals surface area contributed by atoms with Crippen LogP contribution in [0.5, 0.6) is 5.75 Å². The third-order valence-corrected chi connectivity index (χ3v) is 5.44. The van der Waals surface area contributed by atoms with E-state index in [2.05, 4.69) is 15.6 Å². The molecule has 154 valence electrons. The van der Waals surface area contributed by atoms with Crippen molar-refractivity contribution >= 4 is 22.7 Å². The summed E-state index contributed by atoms with van der Waals surface area (Å²) in [5.74, 6) is -2.38. The van der Waals surface area contributed by atoms with Gasteiger partial charge in [-0.1, -0.05) is 0 Å². The largest absolute Gasteiger partial charge is 0.483 e. The van der Waals surface area contributed by atoms with Gasteiger partial charge in [0, 0.05) is 35.1 Å². The number of carbonyl (C=O) groups is 2. The van der Waals surface area contributed by atoms with Gasteiger partial charge in [0.15, 0.2) is 0 Å². The normalized spacial score (nSPS) is 19.8. The number of fused-ring (bicyclic) bond motifs is 5. The summed E-state index contributed by atoms with van der Waals surface area (Å²) in [4.78, 5) is 26.7. The minimum Gasteiger partial charge on any atom is -0.483 e. The van der Waals surface area contributed by atoms with Gasteiger partial charge in [0.1, 0.15) is 35.3 Å². The van der Waals surface area contributed by atoms with Crippen molar-refractivity contribution in [3.8, 4) is 17.0 Å². The van der Waals surface area contributed by atoms with Crippen LogP contribution in [-0.4, -0.2) is 29.4 Å². The molecule has 1 fully saturated rings. The number of nitrogens with one attached hydrogen (secondary N) is 3. The Kier molecular flexibility index (Phi) is 4.19. The number of carbonyl (C=O) groups excluding carboxylic acids is 2. The summed E-state index contributed by atoms with van der Waals surface area (Å²) < 4.78 is 48.0. The number of aromatic amines is 1. The Morgan fingerprint density at radius 1 is 1.17 bits per heavy atom. The summed E-state index contributed by atoms with van der Waals surface area (Å²) in [5, 5.41) is 5.57. The second kappa shape index (κ2) is 6.79. The van der Waals surface area contributed by atoms with Gasteiger partial charge in [0.2, 0.25) is 11.8 Å². The number of halogens is 3. The van der Waals surface area contributed by atoms with Gasteiger partial charge < -0.3 is 20.4 Å². The lowest BCUT2D eigenvalue weighted by Gasteiger charge is -2.27. The average molecular weight is 415 g/mol. The van der Waals surface area contributed by atoms with Gasteiger partial charge in [-0.15, -0.1) is 0 Å². The predicted octanol–water partition coefficient (Wildman–Crippen LogP) is 3.08. The van der Waals surface area contributed by atoms with E-state index in [-0.39, 0.29) is 41.4 Å². The number of hydrogen-bond donors (Lipinski definition) is 3. The number of hydrogen-bond acceptors (Lipinski definition) is 3. The van der Waals surface area contributed by atoms with Gasteiger partial charge in [0.25, 0.3) is 0 Å². The van der Waals surface area contributed by atoms with E-state index in [1.807, 2.05) is 0 Å². The molecule has 0 aliphatic carbocycles. The fourth-order valence-corrected chi connectivity index (χ4v) is 4.07. The first-order chi connectivity index (χ1) is 14.4. The zero-order valence-electron chi connectivity index (χ0n) is 15.5. The Balaban J connectivity index is 1.54. The molecular formula is C21H16F3N3O3. The fraction of sp³-hybridized carbons (Fsp3) is 0.238. The molecule has 0 radical (unpaired) electrons. The van der Waals surface area contributed by atoms with E-state index in [0.717, 1.165) is 6.07 Å². The molecule has 2 aliphatic heterocycles. The van der Waals surface area contributed by atoms with Crippen molar-refractivity contribution < 1.29 is 27.5 Å². The molecule has 2 atom stereocenters. The summed E-state index contributed by atoms with van der Waals surface area (Å²) in [6.07, 6.45) is -0.153. The van der Waals surface area contributed by atoms with Crippen molar-refractivity contribution in [2.75, 3.05) is 6.54 Å². The predicted molar refractivity (Wildman–Crippen MR) is 101 cm³/mol. The summed E-state index contributed by atoms with van der Waals surface area (Å²) in [6.45, 7) is -0.0285. The van der Waals surface area contributed by atoms with E-state index in [1.54, 1.807) is 0 Å². The molecule has 2 aromatic carbocycles. The van der Waals surface area contributed by atoms with Crippen LogP contribution in [0.2, 0.25) is 0 Å². The monoisotopic (exact) mass is 415 g/mol. The minimum atomic E-state index is -0.815. The highest BCUT2D eigenvalue weighted by atomic mass is 19.1. The molecule has 0 unspecified atom stereocenters. The maximum atomic E-state index is 14.4. The Labute approximate surface area is 168 Å². The first-order valence-electron chi connectivity index (χ1n) is 9.45. The van der Waals surface area contributed by atoms with Crippen molar-refractivity contribution in [1.82, 2.24) is 15.6 Å². The van der Waals surface area contributed by atoms with E-state index in [0.29, 0.717) is 23.2 Å². The molecular weight excluding hydrogens is 399 g/mol. The van der Waals surface area contributed by atoms with E-state index >= 15 is 0 Å². The number of rotatable bonds is 3. The molecule has 1 aromatic heterocycles. The number of H-pyrrole nitrogens is 1. The zero-order valence-corrected chi connectivity index (χ0v) is 15.5. The summed E-state index contributed by atoms with van der Waals surface area (Å²) in [6, 6.07) is 5.28. The number of aromatic nitrogens is 1. The molecule has 2 amide bonds. The Hall–Kier alpha value is -3.49. The zero-order chi connectivity index (χ0) is 21.0. The lowest BCUT2D eigenvalue weighted by atomic mass is 9.96. The van der Waals surface area contributed by atoms with Crippen molar-refractivity contribution in [2.24, 2.45) is 0 Å². The van der Waals surface area contributed by atoms with Crippen LogP contribution in [0.1, 0.15) is 24.5 Å². The van der Waals surface area contributed by atoms with Gasteiger partial charge in [-0.2, -0.15) is 0 Å². The average Bonchev–Trinajstić information content (AvgIpc) is 3.30. The first kappa shape index (κ1) is 18.5. The van der Waals surface area contributed by atoms with Crippen LogP contribution in [0.3, 0.4) is 0 Å². The third kappa shape index (κ3) is 2.97. The lowest BCUT2D eigenvalue weighted by molar-refractivity contribution is -0.126. The standard InChI is InChI=1S/C21H16F3N3O3/c22-9-1-2-11-15(7-9)30-16(8-25-21(29)14-3-4-17(28)26-14)18-12-5-10(23)6-13(24)19(12)27-20(11)18/h1-2,5-7,14,16,27H,3-4,8H2,(H,25,29)(H,26,28)/t14-,16+/m0/s1. The Morgan fingerprint density at radius 2 is 2.00 bits per heavy atom. The van der Waals surface area contributed by atoms with Crippen LogP contribution in [-0.2, 0) is 9.59 Å². The topological polar surface area (TPSA) is 83.2 Å². The quantitative estimate of drug-likeness (QED) is 0.615. The van der Waals surface area contributed by atoms with Crippen LogP contribution in [0, 0.1) is 17.5 Å². The second-order valence-electron chi connectivity index (χ2n) is 7.37. The minimum absolute atomic E-state index is 0.0285. The molecule has 0 spiro atoms. The lowest BCUT2D eigenvalue weighted by Crippen LogP contribution is -2.43. The van der Waals surface area contributed by atoms with E-state index in [9.17, 15) is 22.8 Å². The van der Waals surface area contributed by atoms with Crippen LogP contribution >= 0.6 is 0 Å². The third-order valence-electron chi connectivity index (χ3n) is 5.44. The van der Waals surface area contributed by atoms with Gasteiger partial charge in [0.05, 0.1) is 17.8 Å². The Bertz CT molecular complexity index is 1210. The van der Waals surface area contributed by atoms with E-state index < -0.39 is 29.6 Å². The molecule has 2 aliphatic rings. The molecule has 3 N–H and O–H groups in total. The maximum Gasteiger partial charge on any atom is 0.242 e. The molecule has 30 heavy (non-hydrogen) atoms. The highest BCUT2D eigenvalue weighted by Crippen LogP contribution is 2.45. The molecule has 0 bridgehead atoms. The molecule has 5 rings (SSSR count). The van der Waals surface area contributed by atoms with Crippen molar-refractivity contribution in [1.29, 1.82) is 0 Å².